The molecule has 1 amide bonds. The molecular formula is C15H16ClN3O3S. The molecule has 0 aliphatic carbocycles. The zero-order valence-corrected chi connectivity index (χ0v) is 14.3. The Labute approximate surface area is 142 Å². The third kappa shape index (κ3) is 4.75. The molecule has 1 aromatic carbocycles. The van der Waals surface area contributed by atoms with Gasteiger partial charge in [-0.3, -0.25) is 19.8 Å². The van der Waals surface area contributed by atoms with Crippen molar-refractivity contribution in [2.24, 2.45) is 0 Å². The highest BCUT2D eigenvalue weighted by Crippen LogP contribution is 2.27. The van der Waals surface area contributed by atoms with Crippen molar-refractivity contribution in [1.82, 2.24) is 4.90 Å². The van der Waals surface area contributed by atoms with Gasteiger partial charge in [-0.1, -0.05) is 23.7 Å². The molecule has 0 aliphatic rings. The molecule has 6 nitrogen and oxygen atoms in total. The van der Waals surface area contributed by atoms with E-state index in [-0.39, 0.29) is 23.8 Å². The Morgan fingerprint density at radius 3 is 2.74 bits per heavy atom. The predicted molar refractivity (Wildman–Crippen MR) is 92.1 cm³/mol. The first-order valence-corrected chi connectivity index (χ1v) is 8.03. The molecule has 2 aromatic rings. The van der Waals surface area contributed by atoms with Crippen LogP contribution in [0.5, 0.6) is 0 Å². The number of amides is 1. The summed E-state index contributed by atoms with van der Waals surface area (Å²) in [5, 5.41) is 13.7. The van der Waals surface area contributed by atoms with Crippen molar-refractivity contribution >= 4 is 40.2 Å². The van der Waals surface area contributed by atoms with Gasteiger partial charge < -0.3 is 5.32 Å². The second-order valence-corrected chi connectivity index (χ2v) is 6.95. The number of carbonyl (C=O) groups excluding carboxylic acids is 1. The van der Waals surface area contributed by atoms with E-state index in [4.69, 9.17) is 11.6 Å². The summed E-state index contributed by atoms with van der Waals surface area (Å²) >= 11 is 7.34. The number of hydrogen-bond donors (Lipinski definition) is 1. The SMILES string of the molecule is Cc1cccc([N+](=O)[O-])c1NC(=O)CN(C)Cc1ccc(Cl)s1. The standard InChI is InChI=1S/C15H16ClN3O3S/c1-10-4-3-5-12(19(21)22)15(10)17-14(20)9-18(2)8-11-6-7-13(16)23-11/h3-7H,8-9H2,1-2H3,(H,17,20). The first-order valence-electron chi connectivity index (χ1n) is 6.83. The van der Waals surface area contributed by atoms with Crippen molar-refractivity contribution in [2.75, 3.05) is 18.9 Å². The number of hydrogen-bond acceptors (Lipinski definition) is 5. The normalized spacial score (nSPS) is 10.8. The topological polar surface area (TPSA) is 75.5 Å². The summed E-state index contributed by atoms with van der Waals surface area (Å²) in [4.78, 5) is 25.6. The molecule has 0 bridgehead atoms. The summed E-state index contributed by atoms with van der Waals surface area (Å²) in [5.74, 6) is -0.299. The number of thiophene rings is 1. The molecule has 1 aromatic heterocycles. The fourth-order valence-corrected chi connectivity index (χ4v) is 3.32. The lowest BCUT2D eigenvalue weighted by Gasteiger charge is -2.16. The zero-order chi connectivity index (χ0) is 17.0. The lowest BCUT2D eigenvalue weighted by atomic mass is 10.1. The molecule has 0 saturated carbocycles. The molecule has 0 radical (unpaired) electrons. The van der Waals surface area contributed by atoms with Crippen LogP contribution >= 0.6 is 22.9 Å². The summed E-state index contributed by atoms with van der Waals surface area (Å²) in [6, 6.07) is 8.41. The van der Waals surface area contributed by atoms with Crippen LogP contribution in [0.4, 0.5) is 11.4 Å². The Kier molecular flexibility index (Phi) is 5.70. The highest BCUT2D eigenvalue weighted by Gasteiger charge is 2.18. The minimum Gasteiger partial charge on any atom is -0.319 e. The molecule has 2 rings (SSSR count). The number of anilines is 1. The molecule has 1 heterocycles. The number of nitro groups is 1. The average molecular weight is 354 g/mol. The maximum absolute atomic E-state index is 12.1. The Morgan fingerprint density at radius 2 is 2.13 bits per heavy atom. The van der Waals surface area contributed by atoms with E-state index >= 15 is 0 Å². The van der Waals surface area contributed by atoms with E-state index in [1.165, 1.54) is 17.4 Å². The molecule has 0 saturated heterocycles. The first-order chi connectivity index (χ1) is 10.9. The first kappa shape index (κ1) is 17.4. The van der Waals surface area contributed by atoms with Gasteiger partial charge in [-0.2, -0.15) is 0 Å². The highest BCUT2D eigenvalue weighted by molar-refractivity contribution is 7.16. The molecule has 1 N–H and O–H groups in total. The fourth-order valence-electron chi connectivity index (χ4n) is 2.15. The minimum atomic E-state index is -0.500. The number of aryl methyl sites for hydroxylation is 1. The summed E-state index contributed by atoms with van der Waals surface area (Å²) in [6.45, 7) is 2.43. The molecule has 23 heavy (non-hydrogen) atoms. The molecule has 8 heteroatoms. The van der Waals surface area contributed by atoms with Gasteiger partial charge in [0.25, 0.3) is 5.69 Å². The van der Waals surface area contributed by atoms with E-state index in [1.807, 2.05) is 17.0 Å². The molecule has 0 unspecified atom stereocenters. The van der Waals surface area contributed by atoms with Gasteiger partial charge in [-0.25, -0.2) is 0 Å². The van der Waals surface area contributed by atoms with Gasteiger partial charge in [0.2, 0.25) is 5.91 Å². The Hall–Kier alpha value is -1.96. The monoisotopic (exact) mass is 353 g/mol. The number of nitrogens with zero attached hydrogens (tertiary/aromatic N) is 2. The summed E-state index contributed by atoms with van der Waals surface area (Å²) < 4.78 is 0.702. The Balaban J connectivity index is 2.01. The largest absolute Gasteiger partial charge is 0.319 e. The second kappa shape index (κ2) is 7.54. The number of likely N-dealkylation sites (N-methyl/N-ethyl adjacent to an activating group) is 1. The van der Waals surface area contributed by atoms with Crippen molar-refractivity contribution < 1.29 is 9.72 Å². The van der Waals surface area contributed by atoms with Gasteiger partial charge in [-0.15, -0.1) is 11.3 Å². The third-order valence-electron chi connectivity index (χ3n) is 3.18. The summed E-state index contributed by atoms with van der Waals surface area (Å²) in [5.41, 5.74) is 0.793. The third-order valence-corrected chi connectivity index (χ3v) is 4.40. The number of para-hydroxylation sites is 1. The maximum Gasteiger partial charge on any atom is 0.293 e. The fraction of sp³-hybridized carbons (Fsp3) is 0.267. The van der Waals surface area contributed by atoms with Crippen molar-refractivity contribution in [1.29, 1.82) is 0 Å². The van der Waals surface area contributed by atoms with Crippen LogP contribution in [0.25, 0.3) is 0 Å². The van der Waals surface area contributed by atoms with E-state index in [9.17, 15) is 14.9 Å². The van der Waals surface area contributed by atoms with Crippen LogP contribution in [0.1, 0.15) is 10.4 Å². The molecule has 0 atom stereocenters. The predicted octanol–water partition coefficient (Wildman–Crippen LogP) is 3.69. The Bertz CT molecular complexity index is 733. The molecule has 0 spiro atoms. The molecule has 0 aliphatic heterocycles. The van der Waals surface area contributed by atoms with Gasteiger partial charge in [0.1, 0.15) is 5.69 Å². The van der Waals surface area contributed by atoms with Crippen LogP contribution in [0, 0.1) is 17.0 Å². The Morgan fingerprint density at radius 1 is 1.39 bits per heavy atom. The molecular weight excluding hydrogens is 338 g/mol. The van der Waals surface area contributed by atoms with E-state index in [0.29, 0.717) is 16.4 Å². The minimum absolute atomic E-state index is 0.106. The highest BCUT2D eigenvalue weighted by atomic mass is 35.5. The quantitative estimate of drug-likeness (QED) is 0.634. The van der Waals surface area contributed by atoms with Gasteiger partial charge in [0, 0.05) is 17.5 Å². The van der Waals surface area contributed by atoms with Crippen LogP contribution < -0.4 is 5.32 Å². The van der Waals surface area contributed by atoms with Crippen LogP contribution in [0.3, 0.4) is 0 Å². The van der Waals surface area contributed by atoms with E-state index in [1.54, 1.807) is 26.1 Å². The van der Waals surface area contributed by atoms with Crippen molar-refractivity contribution in [3.05, 3.63) is 55.2 Å². The van der Waals surface area contributed by atoms with E-state index < -0.39 is 4.92 Å². The second-order valence-electron chi connectivity index (χ2n) is 5.15. The molecule has 0 fully saturated rings. The van der Waals surface area contributed by atoms with Crippen molar-refractivity contribution in [3.63, 3.8) is 0 Å². The van der Waals surface area contributed by atoms with E-state index in [0.717, 1.165) is 4.88 Å². The lowest BCUT2D eigenvalue weighted by Crippen LogP contribution is -2.30. The number of benzene rings is 1. The van der Waals surface area contributed by atoms with Crippen molar-refractivity contribution in [2.45, 2.75) is 13.5 Å². The zero-order valence-electron chi connectivity index (χ0n) is 12.7. The number of rotatable bonds is 6. The van der Waals surface area contributed by atoms with E-state index in [2.05, 4.69) is 5.32 Å². The number of nitrogens with one attached hydrogen (secondary N) is 1. The van der Waals surface area contributed by atoms with Gasteiger partial charge in [-0.05, 0) is 31.7 Å². The van der Waals surface area contributed by atoms with Gasteiger partial charge in [0.15, 0.2) is 0 Å². The average Bonchev–Trinajstić information content (AvgIpc) is 2.85. The number of halogens is 1. The summed E-state index contributed by atoms with van der Waals surface area (Å²) in [6.07, 6.45) is 0. The number of carbonyl (C=O) groups is 1. The molecule has 122 valence electrons. The smallest absolute Gasteiger partial charge is 0.293 e. The van der Waals surface area contributed by atoms with Gasteiger partial charge >= 0.3 is 0 Å². The van der Waals surface area contributed by atoms with Crippen LogP contribution in [-0.2, 0) is 11.3 Å². The lowest BCUT2D eigenvalue weighted by molar-refractivity contribution is -0.384. The maximum atomic E-state index is 12.1. The van der Waals surface area contributed by atoms with Crippen molar-refractivity contribution in [3.8, 4) is 0 Å². The summed E-state index contributed by atoms with van der Waals surface area (Å²) in [7, 11) is 1.81. The van der Waals surface area contributed by atoms with Gasteiger partial charge in [0.05, 0.1) is 15.8 Å². The number of nitro benzene ring substituents is 1. The van der Waals surface area contributed by atoms with Crippen LogP contribution in [-0.4, -0.2) is 29.3 Å². The van der Waals surface area contributed by atoms with Crippen LogP contribution in [0.15, 0.2) is 30.3 Å². The van der Waals surface area contributed by atoms with Crippen LogP contribution in [0.2, 0.25) is 4.34 Å².